The quantitative estimate of drug-likeness (QED) is 0.717. The van der Waals surface area contributed by atoms with E-state index in [0.29, 0.717) is 0 Å². The predicted octanol–water partition coefficient (Wildman–Crippen LogP) is 4.09. The predicted molar refractivity (Wildman–Crippen MR) is 86.3 cm³/mol. The first-order valence-corrected chi connectivity index (χ1v) is 7.63. The molecule has 2 aromatic rings. The van der Waals surface area contributed by atoms with Crippen LogP contribution >= 0.6 is 11.8 Å². The van der Waals surface area contributed by atoms with Crippen LogP contribution in [-0.2, 0) is 6.42 Å². The third-order valence-corrected chi connectivity index (χ3v) is 5.37. The summed E-state index contributed by atoms with van der Waals surface area (Å²) in [5, 5.41) is 1.35. The maximum absolute atomic E-state index is 2.33. The topological polar surface area (TPSA) is 6.48 Å². The van der Waals surface area contributed by atoms with Crippen LogP contribution in [0.5, 0.6) is 0 Å². The maximum atomic E-state index is 2.33. The van der Waals surface area contributed by atoms with E-state index in [1.165, 1.54) is 32.6 Å². The Morgan fingerprint density at radius 3 is 2.30 bits per heavy atom. The minimum absolute atomic E-state index is 1.02. The number of anilines is 2. The molecule has 0 unspecified atom stereocenters. The standard InChI is InChI=1S/C17H16N2S/c1-18-13-8-4-3-7-12(13)11-15(18)17-19(2)14-9-5-6-10-16(14)20-17/h3-10H,11H2,1-2H3. The van der Waals surface area contributed by atoms with Crippen LogP contribution in [0.2, 0.25) is 0 Å². The molecule has 100 valence electrons. The summed E-state index contributed by atoms with van der Waals surface area (Å²) in [5.74, 6) is 0. The smallest absolute Gasteiger partial charge is 0.100 e. The van der Waals surface area contributed by atoms with E-state index in [9.17, 15) is 0 Å². The van der Waals surface area contributed by atoms with Crippen molar-refractivity contribution in [1.82, 2.24) is 0 Å². The summed E-state index contributed by atoms with van der Waals surface area (Å²) in [6.07, 6.45) is 1.02. The largest absolute Gasteiger partial charge is 0.345 e. The summed E-state index contributed by atoms with van der Waals surface area (Å²) in [4.78, 5) is 6.00. The number of hydrogen-bond donors (Lipinski definition) is 0. The molecule has 0 atom stereocenters. The van der Waals surface area contributed by atoms with Crippen molar-refractivity contribution in [2.24, 2.45) is 0 Å². The molecule has 0 bridgehead atoms. The van der Waals surface area contributed by atoms with E-state index in [4.69, 9.17) is 0 Å². The molecule has 20 heavy (non-hydrogen) atoms. The second kappa shape index (κ2) is 4.32. The van der Waals surface area contributed by atoms with Gasteiger partial charge in [0.2, 0.25) is 0 Å². The number of para-hydroxylation sites is 2. The molecule has 0 saturated carbocycles. The third kappa shape index (κ3) is 1.59. The zero-order valence-electron chi connectivity index (χ0n) is 11.6. The fourth-order valence-corrected chi connectivity index (χ4v) is 4.23. The molecule has 2 nitrogen and oxygen atoms in total. The number of nitrogens with zero attached hydrogens (tertiary/aromatic N) is 2. The highest BCUT2D eigenvalue weighted by Gasteiger charge is 2.30. The number of hydrogen-bond acceptors (Lipinski definition) is 3. The molecule has 0 fully saturated rings. The number of fused-ring (bicyclic) bond motifs is 2. The average molecular weight is 280 g/mol. The highest BCUT2D eigenvalue weighted by Crippen LogP contribution is 2.48. The first kappa shape index (κ1) is 11.9. The van der Waals surface area contributed by atoms with Crippen molar-refractivity contribution in [3.63, 3.8) is 0 Å². The average Bonchev–Trinajstić information content (AvgIpc) is 2.98. The molecule has 0 aromatic heterocycles. The number of benzene rings is 2. The van der Waals surface area contributed by atoms with E-state index in [1.54, 1.807) is 0 Å². The summed E-state index contributed by atoms with van der Waals surface area (Å²) >= 11 is 1.88. The van der Waals surface area contributed by atoms with Gasteiger partial charge in [0.05, 0.1) is 11.4 Å². The highest BCUT2D eigenvalue weighted by molar-refractivity contribution is 8.03. The zero-order chi connectivity index (χ0) is 13.7. The zero-order valence-corrected chi connectivity index (χ0v) is 12.4. The van der Waals surface area contributed by atoms with Gasteiger partial charge in [-0.05, 0) is 23.8 Å². The van der Waals surface area contributed by atoms with Crippen molar-refractivity contribution in [2.75, 3.05) is 23.9 Å². The minimum Gasteiger partial charge on any atom is -0.345 e. The molecule has 0 saturated heterocycles. The van der Waals surface area contributed by atoms with Gasteiger partial charge in [0, 0.05) is 31.1 Å². The van der Waals surface area contributed by atoms with Crippen LogP contribution in [0.25, 0.3) is 0 Å². The molecule has 0 aliphatic carbocycles. The Kier molecular flexibility index (Phi) is 2.57. The fourth-order valence-electron chi connectivity index (χ4n) is 3.01. The van der Waals surface area contributed by atoms with Crippen molar-refractivity contribution in [1.29, 1.82) is 0 Å². The van der Waals surface area contributed by atoms with Crippen LogP contribution in [-0.4, -0.2) is 14.1 Å². The molecule has 3 heteroatoms. The lowest BCUT2D eigenvalue weighted by atomic mass is 10.1. The second-order valence-electron chi connectivity index (χ2n) is 5.25. The Hall–Kier alpha value is -1.87. The molecule has 0 N–H and O–H groups in total. The van der Waals surface area contributed by atoms with E-state index in [-0.39, 0.29) is 0 Å². The lowest BCUT2D eigenvalue weighted by molar-refractivity contribution is 1.04. The van der Waals surface area contributed by atoms with Crippen LogP contribution in [0.3, 0.4) is 0 Å². The van der Waals surface area contributed by atoms with Crippen LogP contribution in [0.15, 0.2) is 64.2 Å². The van der Waals surface area contributed by atoms with Gasteiger partial charge in [0.25, 0.3) is 0 Å². The van der Waals surface area contributed by atoms with Gasteiger partial charge >= 0.3 is 0 Å². The van der Waals surface area contributed by atoms with E-state index < -0.39 is 0 Å². The Morgan fingerprint density at radius 2 is 1.55 bits per heavy atom. The molecule has 4 rings (SSSR count). The summed E-state index contributed by atoms with van der Waals surface area (Å²) in [7, 11) is 4.34. The molecular formula is C17H16N2S. The Labute approximate surface area is 123 Å². The SMILES string of the molecule is CN1C(=C2Sc3ccccc3N2C)Cc2ccccc21. The van der Waals surface area contributed by atoms with Crippen molar-refractivity contribution in [3.05, 3.63) is 64.8 Å². The first-order chi connectivity index (χ1) is 9.75. The van der Waals surface area contributed by atoms with E-state index >= 15 is 0 Å². The van der Waals surface area contributed by atoms with Gasteiger partial charge in [0.15, 0.2) is 0 Å². The Bertz CT molecular complexity index is 659. The Balaban J connectivity index is 1.80. The molecule has 0 spiro atoms. The van der Waals surface area contributed by atoms with Crippen molar-refractivity contribution in [2.45, 2.75) is 11.3 Å². The fraction of sp³-hybridized carbons (Fsp3) is 0.176. The monoisotopic (exact) mass is 280 g/mol. The number of thioether (sulfide) groups is 1. The second-order valence-corrected chi connectivity index (χ2v) is 6.28. The molecule has 0 amide bonds. The minimum atomic E-state index is 1.02. The van der Waals surface area contributed by atoms with Gasteiger partial charge in [0.1, 0.15) is 5.03 Å². The van der Waals surface area contributed by atoms with Crippen molar-refractivity contribution >= 4 is 23.1 Å². The van der Waals surface area contributed by atoms with Crippen LogP contribution in [0.1, 0.15) is 5.56 Å². The number of likely N-dealkylation sites (N-methyl/N-ethyl adjacent to an activating group) is 1. The van der Waals surface area contributed by atoms with Crippen LogP contribution in [0, 0.1) is 0 Å². The van der Waals surface area contributed by atoms with Crippen LogP contribution in [0.4, 0.5) is 11.4 Å². The lowest BCUT2D eigenvalue weighted by Gasteiger charge is -2.21. The van der Waals surface area contributed by atoms with Crippen molar-refractivity contribution in [3.8, 4) is 0 Å². The molecule has 2 aliphatic rings. The van der Waals surface area contributed by atoms with E-state index in [1.807, 2.05) is 11.8 Å². The van der Waals surface area contributed by atoms with Gasteiger partial charge in [-0.25, -0.2) is 0 Å². The summed E-state index contributed by atoms with van der Waals surface area (Å²) in [5.41, 5.74) is 5.46. The molecular weight excluding hydrogens is 264 g/mol. The normalized spacial score (nSPS) is 20.3. The van der Waals surface area contributed by atoms with Gasteiger partial charge in [-0.1, -0.05) is 42.1 Å². The van der Waals surface area contributed by atoms with Crippen molar-refractivity contribution < 1.29 is 0 Å². The van der Waals surface area contributed by atoms with E-state index in [2.05, 4.69) is 72.4 Å². The summed E-state index contributed by atoms with van der Waals surface area (Å²) in [6.45, 7) is 0. The molecule has 2 aliphatic heterocycles. The molecule has 0 radical (unpaired) electrons. The summed E-state index contributed by atoms with van der Waals surface area (Å²) < 4.78 is 0. The maximum Gasteiger partial charge on any atom is 0.100 e. The summed E-state index contributed by atoms with van der Waals surface area (Å²) in [6, 6.07) is 17.3. The van der Waals surface area contributed by atoms with Gasteiger partial charge < -0.3 is 9.80 Å². The number of allylic oxidation sites excluding steroid dienone is 1. The third-order valence-electron chi connectivity index (χ3n) is 4.10. The van der Waals surface area contributed by atoms with Crippen LogP contribution < -0.4 is 9.80 Å². The lowest BCUT2D eigenvalue weighted by Crippen LogP contribution is -2.19. The number of rotatable bonds is 0. The van der Waals surface area contributed by atoms with Gasteiger partial charge in [-0.2, -0.15) is 0 Å². The van der Waals surface area contributed by atoms with Gasteiger partial charge in [-0.15, -0.1) is 0 Å². The molecule has 2 heterocycles. The Morgan fingerprint density at radius 1 is 0.850 bits per heavy atom. The molecule has 2 aromatic carbocycles. The van der Waals surface area contributed by atoms with Gasteiger partial charge in [-0.3, -0.25) is 0 Å². The highest BCUT2D eigenvalue weighted by atomic mass is 32.2. The first-order valence-electron chi connectivity index (χ1n) is 6.81. The van der Waals surface area contributed by atoms with E-state index in [0.717, 1.165) is 6.42 Å².